The summed E-state index contributed by atoms with van der Waals surface area (Å²) in [5.74, 6) is 0.321. The van der Waals surface area contributed by atoms with E-state index in [0.29, 0.717) is 18.9 Å². The van der Waals surface area contributed by atoms with E-state index in [9.17, 15) is 9.59 Å². The zero-order valence-electron chi connectivity index (χ0n) is 12.4. The molecule has 1 fully saturated rings. The molecule has 6 nitrogen and oxygen atoms in total. The number of thiophene rings is 1. The summed E-state index contributed by atoms with van der Waals surface area (Å²) in [5.41, 5.74) is 0. The quantitative estimate of drug-likeness (QED) is 0.941. The van der Waals surface area contributed by atoms with Gasteiger partial charge in [-0.15, -0.1) is 11.3 Å². The molecule has 1 unspecified atom stereocenters. The highest BCUT2D eigenvalue weighted by Crippen LogP contribution is 2.21. The Bertz CT molecular complexity index is 665. The molecule has 1 N–H and O–H groups in total. The smallest absolute Gasteiger partial charge is 0.263 e. The van der Waals surface area contributed by atoms with Gasteiger partial charge in [0.25, 0.3) is 5.91 Å². The van der Waals surface area contributed by atoms with E-state index in [1.165, 1.54) is 11.3 Å². The monoisotopic (exact) mass is 318 g/mol. The van der Waals surface area contributed by atoms with Crippen molar-refractivity contribution in [1.29, 1.82) is 0 Å². The SMILES string of the molecule is Cn1ccc(NC(=O)C2CCCN(C(=O)c3cccs3)C2)n1. The van der Waals surface area contributed by atoms with Crippen molar-refractivity contribution in [3.63, 3.8) is 0 Å². The molecule has 3 rings (SSSR count). The molecule has 1 aliphatic rings. The Balaban J connectivity index is 1.62. The van der Waals surface area contributed by atoms with Crippen molar-refractivity contribution < 1.29 is 9.59 Å². The minimum atomic E-state index is -0.181. The van der Waals surface area contributed by atoms with Gasteiger partial charge >= 0.3 is 0 Å². The van der Waals surface area contributed by atoms with Gasteiger partial charge in [0.1, 0.15) is 0 Å². The maximum Gasteiger partial charge on any atom is 0.263 e. The van der Waals surface area contributed by atoms with Crippen LogP contribution in [0.3, 0.4) is 0 Å². The van der Waals surface area contributed by atoms with Gasteiger partial charge < -0.3 is 10.2 Å². The molecule has 1 atom stereocenters. The lowest BCUT2D eigenvalue weighted by atomic mass is 9.97. The van der Waals surface area contributed by atoms with Crippen LogP contribution in [-0.4, -0.2) is 39.6 Å². The van der Waals surface area contributed by atoms with Gasteiger partial charge in [0, 0.05) is 32.4 Å². The summed E-state index contributed by atoms with van der Waals surface area (Å²) in [6.45, 7) is 1.18. The summed E-state index contributed by atoms with van der Waals surface area (Å²) in [6.07, 6.45) is 3.42. The average molecular weight is 318 g/mol. The summed E-state index contributed by atoms with van der Waals surface area (Å²) in [6, 6.07) is 5.45. The molecule has 0 spiro atoms. The summed E-state index contributed by atoms with van der Waals surface area (Å²) < 4.78 is 1.64. The Labute approximate surface area is 132 Å². The molecular weight excluding hydrogens is 300 g/mol. The van der Waals surface area contributed by atoms with Crippen LogP contribution in [0, 0.1) is 5.92 Å². The second-order valence-electron chi connectivity index (χ2n) is 5.43. The molecule has 2 aromatic rings. The van der Waals surface area contributed by atoms with E-state index in [1.807, 2.05) is 17.5 Å². The number of aryl methyl sites for hydroxylation is 1. The first-order valence-electron chi connectivity index (χ1n) is 7.27. The lowest BCUT2D eigenvalue weighted by molar-refractivity contribution is -0.121. The van der Waals surface area contributed by atoms with Gasteiger partial charge in [-0.3, -0.25) is 14.3 Å². The third-order valence-electron chi connectivity index (χ3n) is 3.78. The molecule has 0 aromatic carbocycles. The molecular formula is C15H18N4O2S. The predicted octanol–water partition coefficient (Wildman–Crippen LogP) is 1.97. The molecule has 0 saturated carbocycles. The van der Waals surface area contributed by atoms with Crippen LogP contribution in [0.1, 0.15) is 22.5 Å². The standard InChI is InChI=1S/C15H18N4O2S/c1-18-8-6-13(17-18)16-14(20)11-4-2-7-19(10-11)15(21)12-5-3-9-22-12/h3,5-6,8-9,11H,2,4,7,10H2,1H3,(H,16,17,20). The molecule has 1 aliphatic heterocycles. The Kier molecular flexibility index (Phi) is 4.24. The maximum absolute atomic E-state index is 12.4. The van der Waals surface area contributed by atoms with Crippen LogP contribution in [-0.2, 0) is 11.8 Å². The minimum Gasteiger partial charge on any atom is -0.337 e. The van der Waals surface area contributed by atoms with Crippen LogP contribution in [0.15, 0.2) is 29.8 Å². The second kappa shape index (κ2) is 6.31. The van der Waals surface area contributed by atoms with E-state index in [2.05, 4.69) is 10.4 Å². The summed E-state index contributed by atoms with van der Waals surface area (Å²) in [4.78, 5) is 27.2. The van der Waals surface area contributed by atoms with Crippen LogP contribution >= 0.6 is 11.3 Å². The van der Waals surface area contributed by atoms with Crippen molar-refractivity contribution in [3.8, 4) is 0 Å². The molecule has 2 amide bonds. The molecule has 2 aromatic heterocycles. The Hall–Kier alpha value is -2.15. The topological polar surface area (TPSA) is 67.2 Å². The Morgan fingerprint density at radius 2 is 2.27 bits per heavy atom. The first-order chi connectivity index (χ1) is 10.6. The number of piperidine rings is 1. The van der Waals surface area contributed by atoms with E-state index in [-0.39, 0.29) is 17.7 Å². The van der Waals surface area contributed by atoms with Gasteiger partial charge in [0.15, 0.2) is 5.82 Å². The fraction of sp³-hybridized carbons (Fsp3) is 0.400. The normalized spacial score (nSPS) is 18.2. The van der Waals surface area contributed by atoms with Gasteiger partial charge in [0.05, 0.1) is 10.8 Å². The zero-order valence-corrected chi connectivity index (χ0v) is 13.2. The number of nitrogens with one attached hydrogen (secondary N) is 1. The predicted molar refractivity (Wildman–Crippen MR) is 84.8 cm³/mol. The van der Waals surface area contributed by atoms with Gasteiger partial charge in [-0.05, 0) is 24.3 Å². The van der Waals surface area contributed by atoms with Crippen LogP contribution in [0.25, 0.3) is 0 Å². The highest BCUT2D eigenvalue weighted by Gasteiger charge is 2.29. The Morgan fingerprint density at radius 3 is 2.95 bits per heavy atom. The fourth-order valence-electron chi connectivity index (χ4n) is 2.64. The van der Waals surface area contributed by atoms with Crippen LogP contribution in [0.2, 0.25) is 0 Å². The van der Waals surface area contributed by atoms with Gasteiger partial charge in [-0.2, -0.15) is 5.10 Å². The second-order valence-corrected chi connectivity index (χ2v) is 6.38. The van der Waals surface area contributed by atoms with Gasteiger partial charge in [-0.1, -0.05) is 6.07 Å². The molecule has 0 bridgehead atoms. The third-order valence-corrected chi connectivity index (χ3v) is 4.63. The number of hydrogen-bond acceptors (Lipinski definition) is 4. The molecule has 0 aliphatic carbocycles. The largest absolute Gasteiger partial charge is 0.337 e. The first-order valence-corrected chi connectivity index (χ1v) is 8.15. The van der Waals surface area contributed by atoms with Crippen molar-refractivity contribution in [3.05, 3.63) is 34.7 Å². The lowest BCUT2D eigenvalue weighted by Crippen LogP contribution is -2.43. The minimum absolute atomic E-state index is 0.0188. The number of aromatic nitrogens is 2. The van der Waals surface area contributed by atoms with Crippen molar-refractivity contribution in [2.24, 2.45) is 13.0 Å². The maximum atomic E-state index is 12.4. The zero-order chi connectivity index (χ0) is 15.5. The van der Waals surface area contributed by atoms with Crippen LogP contribution in [0.5, 0.6) is 0 Å². The summed E-state index contributed by atoms with van der Waals surface area (Å²) >= 11 is 1.44. The Morgan fingerprint density at radius 1 is 1.41 bits per heavy atom. The highest BCUT2D eigenvalue weighted by molar-refractivity contribution is 7.12. The molecule has 0 radical (unpaired) electrons. The third kappa shape index (κ3) is 3.19. The van der Waals surface area contributed by atoms with Crippen molar-refractivity contribution in [2.45, 2.75) is 12.8 Å². The summed E-state index contributed by atoms with van der Waals surface area (Å²) in [7, 11) is 1.80. The van der Waals surface area contributed by atoms with E-state index in [0.717, 1.165) is 17.7 Å². The van der Waals surface area contributed by atoms with E-state index < -0.39 is 0 Å². The lowest BCUT2D eigenvalue weighted by Gasteiger charge is -2.31. The van der Waals surface area contributed by atoms with Crippen LogP contribution < -0.4 is 5.32 Å². The number of nitrogens with zero attached hydrogens (tertiary/aromatic N) is 3. The number of rotatable bonds is 3. The highest BCUT2D eigenvalue weighted by atomic mass is 32.1. The van der Waals surface area contributed by atoms with Crippen molar-refractivity contribution >= 4 is 29.0 Å². The average Bonchev–Trinajstić information content (AvgIpc) is 3.18. The fourth-order valence-corrected chi connectivity index (χ4v) is 3.33. The number of amides is 2. The van der Waals surface area contributed by atoms with E-state index in [4.69, 9.17) is 0 Å². The van der Waals surface area contributed by atoms with Crippen LogP contribution in [0.4, 0.5) is 5.82 Å². The number of carbonyl (C=O) groups excluding carboxylic acids is 2. The van der Waals surface area contributed by atoms with Crippen molar-refractivity contribution in [2.75, 3.05) is 18.4 Å². The summed E-state index contributed by atoms with van der Waals surface area (Å²) in [5, 5.41) is 8.86. The number of anilines is 1. The molecule has 1 saturated heterocycles. The van der Waals surface area contributed by atoms with E-state index >= 15 is 0 Å². The number of carbonyl (C=O) groups is 2. The van der Waals surface area contributed by atoms with E-state index in [1.54, 1.807) is 28.9 Å². The number of hydrogen-bond donors (Lipinski definition) is 1. The van der Waals surface area contributed by atoms with Gasteiger partial charge in [-0.25, -0.2) is 0 Å². The molecule has 116 valence electrons. The molecule has 7 heteroatoms. The first kappa shape index (κ1) is 14.8. The molecule has 3 heterocycles. The van der Waals surface area contributed by atoms with Crippen molar-refractivity contribution in [1.82, 2.24) is 14.7 Å². The van der Waals surface area contributed by atoms with Gasteiger partial charge in [0.2, 0.25) is 5.91 Å². The molecule has 22 heavy (non-hydrogen) atoms. The number of likely N-dealkylation sites (tertiary alicyclic amines) is 1.